The molecule has 0 heterocycles. The molecule has 1 aliphatic rings. The van der Waals surface area contributed by atoms with Gasteiger partial charge in [-0.2, -0.15) is 0 Å². The van der Waals surface area contributed by atoms with Crippen molar-refractivity contribution in [3.05, 3.63) is 181 Å². The second kappa shape index (κ2) is 10.5. The third kappa shape index (κ3) is 4.17. The number of hydrogen-bond donors (Lipinski definition) is 0. The first-order valence-corrected chi connectivity index (χ1v) is 17.3. The van der Waals surface area contributed by atoms with E-state index in [2.05, 4.69) is 184 Å². The molecule has 0 spiro atoms. The molecule has 10 rings (SSSR count). The average Bonchev–Trinajstić information content (AvgIpc) is 3.39. The Balaban J connectivity index is 1.10. The Kier molecular flexibility index (Phi) is 6.02. The maximum absolute atomic E-state index is 2.45. The van der Waals surface area contributed by atoms with Crippen LogP contribution in [0.15, 0.2) is 170 Å². The fraction of sp³-hybridized carbons (Fsp3) is 0.0612. The third-order valence-corrected chi connectivity index (χ3v) is 11.1. The Morgan fingerprint density at radius 1 is 0.286 bits per heavy atom. The van der Waals surface area contributed by atoms with Gasteiger partial charge in [-0.1, -0.05) is 166 Å². The normalized spacial score (nSPS) is 13.3. The van der Waals surface area contributed by atoms with Crippen molar-refractivity contribution in [2.75, 3.05) is 0 Å². The first-order chi connectivity index (χ1) is 24.1. The third-order valence-electron chi connectivity index (χ3n) is 11.1. The summed E-state index contributed by atoms with van der Waals surface area (Å²) in [5.74, 6) is 0. The van der Waals surface area contributed by atoms with E-state index in [1.54, 1.807) is 0 Å². The molecule has 0 saturated carbocycles. The van der Waals surface area contributed by atoms with Crippen LogP contribution in [0, 0.1) is 0 Å². The van der Waals surface area contributed by atoms with Crippen molar-refractivity contribution >= 4 is 43.1 Å². The summed E-state index contributed by atoms with van der Waals surface area (Å²) in [5, 5.41) is 10.4. The summed E-state index contributed by atoms with van der Waals surface area (Å²) in [5.41, 5.74) is 12.9. The van der Waals surface area contributed by atoms with Gasteiger partial charge in [-0.25, -0.2) is 0 Å². The van der Waals surface area contributed by atoms with E-state index in [1.807, 2.05) is 0 Å². The molecule has 0 radical (unpaired) electrons. The molecular weight excluding hydrogens is 589 g/mol. The maximum Gasteiger partial charge on any atom is 0.0159 e. The molecule has 0 atom stereocenters. The van der Waals surface area contributed by atoms with E-state index in [0.717, 1.165) is 0 Å². The summed E-state index contributed by atoms with van der Waals surface area (Å²) in [7, 11) is 0. The molecular formula is C49H34. The molecule has 9 aromatic carbocycles. The van der Waals surface area contributed by atoms with Crippen molar-refractivity contribution in [1.82, 2.24) is 0 Å². The number of benzene rings is 9. The van der Waals surface area contributed by atoms with Crippen molar-refractivity contribution in [3.63, 3.8) is 0 Å². The quantitative estimate of drug-likeness (QED) is 0.172. The van der Waals surface area contributed by atoms with Crippen molar-refractivity contribution < 1.29 is 0 Å². The van der Waals surface area contributed by atoms with Gasteiger partial charge in [0.2, 0.25) is 0 Å². The minimum atomic E-state index is -0.126. The second-order valence-corrected chi connectivity index (χ2v) is 14.1. The highest BCUT2D eigenvalue weighted by Crippen LogP contribution is 2.51. The van der Waals surface area contributed by atoms with Crippen LogP contribution in [0.3, 0.4) is 0 Å². The zero-order valence-electron chi connectivity index (χ0n) is 27.7. The van der Waals surface area contributed by atoms with E-state index < -0.39 is 0 Å². The predicted octanol–water partition coefficient (Wildman–Crippen LogP) is 13.6. The van der Waals surface area contributed by atoms with Gasteiger partial charge < -0.3 is 0 Å². The second-order valence-electron chi connectivity index (χ2n) is 14.1. The van der Waals surface area contributed by atoms with Crippen molar-refractivity contribution in [2.24, 2.45) is 0 Å². The SMILES string of the molecule is CC1(C)c2cc(-c3ccccc3-c3ccc4c5ccccc5c5ccccc5c4c3)ccc2-c2ccc(-c3cccc4ccccc34)cc21. The molecule has 9 aromatic rings. The maximum atomic E-state index is 2.45. The fourth-order valence-corrected chi connectivity index (χ4v) is 8.61. The van der Waals surface area contributed by atoms with E-state index in [1.165, 1.54) is 98.7 Å². The fourth-order valence-electron chi connectivity index (χ4n) is 8.61. The van der Waals surface area contributed by atoms with Gasteiger partial charge in [0.15, 0.2) is 0 Å². The first-order valence-electron chi connectivity index (χ1n) is 17.3. The molecule has 230 valence electrons. The summed E-state index contributed by atoms with van der Waals surface area (Å²) in [6.45, 7) is 4.78. The Labute approximate surface area is 286 Å². The lowest BCUT2D eigenvalue weighted by molar-refractivity contribution is 0.661. The van der Waals surface area contributed by atoms with Crippen LogP contribution in [0.2, 0.25) is 0 Å². The lowest BCUT2D eigenvalue weighted by Crippen LogP contribution is -2.15. The van der Waals surface area contributed by atoms with Crippen LogP contribution in [0.1, 0.15) is 25.0 Å². The number of hydrogen-bond acceptors (Lipinski definition) is 0. The topological polar surface area (TPSA) is 0 Å². The molecule has 49 heavy (non-hydrogen) atoms. The molecule has 0 N–H and O–H groups in total. The first kappa shape index (κ1) is 28.1. The largest absolute Gasteiger partial charge is 0.0616 e. The average molecular weight is 623 g/mol. The highest BCUT2D eigenvalue weighted by molar-refractivity contribution is 6.25. The van der Waals surface area contributed by atoms with Gasteiger partial charge >= 0.3 is 0 Å². The highest BCUT2D eigenvalue weighted by atomic mass is 14.4. The standard InChI is InChI=1S/C49H34/c1-49(2)47-29-33(23-26-44(47)45-27-24-34(30-48(45)49)38-21-11-13-31-12-3-4-14-35(31)38)37-16-6-5-15-36(37)32-22-25-43-41-19-8-7-17-39(41)40-18-9-10-20-42(40)46(43)28-32/h3-30H,1-2H3. The minimum absolute atomic E-state index is 0.126. The van der Waals surface area contributed by atoms with E-state index in [9.17, 15) is 0 Å². The molecule has 0 amide bonds. The van der Waals surface area contributed by atoms with Gasteiger partial charge in [-0.3, -0.25) is 0 Å². The molecule has 0 unspecified atom stereocenters. The minimum Gasteiger partial charge on any atom is -0.0616 e. The Morgan fingerprint density at radius 2 is 0.694 bits per heavy atom. The van der Waals surface area contributed by atoms with E-state index in [-0.39, 0.29) is 5.41 Å². The monoisotopic (exact) mass is 622 g/mol. The summed E-state index contributed by atoms with van der Waals surface area (Å²) in [4.78, 5) is 0. The molecule has 0 fully saturated rings. The summed E-state index contributed by atoms with van der Waals surface area (Å²) in [6, 6.07) is 63.1. The van der Waals surface area contributed by atoms with E-state index >= 15 is 0 Å². The van der Waals surface area contributed by atoms with Crippen LogP contribution in [-0.4, -0.2) is 0 Å². The smallest absolute Gasteiger partial charge is 0.0159 e. The number of rotatable bonds is 3. The molecule has 0 nitrogen and oxygen atoms in total. The van der Waals surface area contributed by atoms with Crippen LogP contribution < -0.4 is 0 Å². The van der Waals surface area contributed by atoms with Gasteiger partial charge in [-0.05, 0) is 117 Å². The summed E-state index contributed by atoms with van der Waals surface area (Å²) >= 11 is 0. The molecule has 0 saturated heterocycles. The predicted molar refractivity (Wildman–Crippen MR) is 210 cm³/mol. The zero-order chi connectivity index (χ0) is 32.7. The van der Waals surface area contributed by atoms with Gasteiger partial charge in [0, 0.05) is 5.41 Å². The Hall–Kier alpha value is -5.98. The van der Waals surface area contributed by atoms with E-state index in [4.69, 9.17) is 0 Å². The van der Waals surface area contributed by atoms with Crippen molar-refractivity contribution in [1.29, 1.82) is 0 Å². The Morgan fingerprint density at radius 3 is 1.31 bits per heavy atom. The zero-order valence-corrected chi connectivity index (χ0v) is 27.7. The van der Waals surface area contributed by atoms with Crippen LogP contribution >= 0.6 is 0 Å². The summed E-state index contributed by atoms with van der Waals surface area (Å²) in [6.07, 6.45) is 0. The van der Waals surface area contributed by atoms with Gasteiger partial charge in [-0.15, -0.1) is 0 Å². The van der Waals surface area contributed by atoms with Crippen LogP contribution in [0.5, 0.6) is 0 Å². The van der Waals surface area contributed by atoms with Gasteiger partial charge in [0.1, 0.15) is 0 Å². The lowest BCUT2D eigenvalue weighted by atomic mass is 9.80. The molecule has 0 heteroatoms. The lowest BCUT2D eigenvalue weighted by Gasteiger charge is -2.23. The van der Waals surface area contributed by atoms with Gasteiger partial charge in [0.25, 0.3) is 0 Å². The van der Waals surface area contributed by atoms with E-state index in [0.29, 0.717) is 0 Å². The van der Waals surface area contributed by atoms with Crippen LogP contribution in [0.4, 0.5) is 0 Å². The molecule has 0 aromatic heterocycles. The highest BCUT2D eigenvalue weighted by Gasteiger charge is 2.36. The van der Waals surface area contributed by atoms with Crippen molar-refractivity contribution in [2.45, 2.75) is 19.3 Å². The summed E-state index contributed by atoms with van der Waals surface area (Å²) < 4.78 is 0. The van der Waals surface area contributed by atoms with Crippen LogP contribution in [0.25, 0.3) is 87.6 Å². The van der Waals surface area contributed by atoms with Gasteiger partial charge in [0.05, 0.1) is 0 Å². The molecule has 0 aliphatic heterocycles. The Bertz CT molecular complexity index is 2750. The number of fused-ring (bicyclic) bond motifs is 10. The van der Waals surface area contributed by atoms with Crippen molar-refractivity contribution in [3.8, 4) is 44.5 Å². The molecule has 1 aliphatic carbocycles. The molecule has 0 bridgehead atoms. The van der Waals surface area contributed by atoms with Crippen LogP contribution in [-0.2, 0) is 5.41 Å².